The van der Waals surface area contributed by atoms with E-state index in [9.17, 15) is 9.59 Å². The first-order valence-electron chi connectivity index (χ1n) is 5.80. The van der Waals surface area contributed by atoms with E-state index in [0.717, 1.165) is 23.4 Å². The lowest BCUT2D eigenvalue weighted by molar-refractivity contribution is 0.101. The van der Waals surface area contributed by atoms with E-state index in [2.05, 4.69) is 0 Å². The number of para-hydroxylation sites is 1. The maximum Gasteiger partial charge on any atom is 0.161 e. The van der Waals surface area contributed by atoms with Gasteiger partial charge in [-0.15, -0.1) is 0 Å². The van der Waals surface area contributed by atoms with Crippen molar-refractivity contribution in [3.05, 3.63) is 52.8 Å². The molecule has 0 saturated carbocycles. The molecule has 3 nitrogen and oxygen atoms in total. The second-order valence-corrected chi connectivity index (χ2v) is 4.35. The molecule has 1 aromatic carbocycles. The fourth-order valence-electron chi connectivity index (χ4n) is 2.24. The van der Waals surface area contributed by atoms with Gasteiger partial charge in [0.25, 0.3) is 0 Å². The van der Waals surface area contributed by atoms with Gasteiger partial charge in [0.1, 0.15) is 0 Å². The van der Waals surface area contributed by atoms with Crippen LogP contribution >= 0.6 is 0 Å². The van der Waals surface area contributed by atoms with Crippen LogP contribution in [-0.2, 0) is 0 Å². The number of Topliss-reactive ketones (excluding diaryl/α,β-unsaturated/α-hetero) is 1. The Hall–Kier alpha value is -2.16. The Morgan fingerprint density at radius 3 is 2.44 bits per heavy atom. The van der Waals surface area contributed by atoms with Crippen LogP contribution in [0.15, 0.2) is 30.3 Å². The van der Waals surface area contributed by atoms with Crippen LogP contribution in [0.3, 0.4) is 0 Å². The third-order valence-corrected chi connectivity index (χ3v) is 3.12. The average Bonchev–Trinajstić information content (AvgIpc) is 2.64. The van der Waals surface area contributed by atoms with Gasteiger partial charge in [0, 0.05) is 22.5 Å². The topological polar surface area (TPSA) is 39.1 Å². The van der Waals surface area contributed by atoms with E-state index < -0.39 is 0 Å². The molecule has 1 heterocycles. The number of nitrogens with zero attached hydrogens (tertiary/aromatic N) is 1. The molecule has 0 aliphatic carbocycles. The summed E-state index contributed by atoms with van der Waals surface area (Å²) in [7, 11) is 0. The molecule has 3 heteroatoms. The number of aldehydes is 1. The van der Waals surface area contributed by atoms with Crippen LogP contribution in [0.25, 0.3) is 5.69 Å². The summed E-state index contributed by atoms with van der Waals surface area (Å²) < 4.78 is 1.94. The normalized spacial score (nSPS) is 10.4. The summed E-state index contributed by atoms with van der Waals surface area (Å²) in [5, 5.41) is 0. The van der Waals surface area contributed by atoms with Crippen LogP contribution in [0.1, 0.15) is 39.0 Å². The highest BCUT2D eigenvalue weighted by Gasteiger charge is 2.14. The minimum atomic E-state index is 0.0192. The van der Waals surface area contributed by atoms with Gasteiger partial charge in [0.05, 0.1) is 5.69 Å². The van der Waals surface area contributed by atoms with E-state index in [1.807, 2.05) is 42.7 Å². The van der Waals surface area contributed by atoms with Gasteiger partial charge in [0.15, 0.2) is 12.1 Å². The first-order valence-corrected chi connectivity index (χ1v) is 5.80. The summed E-state index contributed by atoms with van der Waals surface area (Å²) in [5.41, 5.74) is 3.95. The predicted molar refractivity (Wildman–Crippen MR) is 70.6 cm³/mol. The van der Waals surface area contributed by atoms with Gasteiger partial charge in [-0.2, -0.15) is 0 Å². The minimum absolute atomic E-state index is 0.0192. The highest BCUT2D eigenvalue weighted by atomic mass is 16.1. The van der Waals surface area contributed by atoms with Crippen molar-refractivity contribution in [2.45, 2.75) is 20.8 Å². The third-order valence-electron chi connectivity index (χ3n) is 3.12. The number of aromatic nitrogens is 1. The summed E-state index contributed by atoms with van der Waals surface area (Å²) >= 11 is 0. The van der Waals surface area contributed by atoms with Crippen molar-refractivity contribution in [1.29, 1.82) is 0 Å². The maximum atomic E-state index is 11.7. The molecule has 2 rings (SSSR count). The molecule has 0 saturated heterocycles. The van der Waals surface area contributed by atoms with Gasteiger partial charge >= 0.3 is 0 Å². The maximum absolute atomic E-state index is 11.7. The first-order chi connectivity index (χ1) is 8.56. The minimum Gasteiger partial charge on any atom is -0.317 e. The zero-order chi connectivity index (χ0) is 13.3. The molecule has 2 aromatic rings. The van der Waals surface area contributed by atoms with Gasteiger partial charge < -0.3 is 4.57 Å². The van der Waals surface area contributed by atoms with E-state index in [-0.39, 0.29) is 5.78 Å². The summed E-state index contributed by atoms with van der Waals surface area (Å²) in [6.45, 7) is 5.36. The Morgan fingerprint density at radius 2 is 1.89 bits per heavy atom. The summed E-state index contributed by atoms with van der Waals surface area (Å²) in [6.07, 6.45) is 0.842. The van der Waals surface area contributed by atoms with Crippen molar-refractivity contribution in [3.63, 3.8) is 0 Å². The van der Waals surface area contributed by atoms with E-state index >= 15 is 0 Å². The molecule has 0 unspecified atom stereocenters. The monoisotopic (exact) mass is 241 g/mol. The summed E-state index contributed by atoms with van der Waals surface area (Å²) in [4.78, 5) is 22.6. The molecule has 0 fully saturated rings. The molecule has 92 valence electrons. The van der Waals surface area contributed by atoms with Crippen molar-refractivity contribution < 1.29 is 9.59 Å². The van der Waals surface area contributed by atoms with E-state index in [1.54, 1.807) is 13.0 Å². The lowest BCUT2D eigenvalue weighted by Gasteiger charge is -2.13. The van der Waals surface area contributed by atoms with E-state index in [4.69, 9.17) is 0 Å². The molecule has 0 N–H and O–H groups in total. The zero-order valence-electron chi connectivity index (χ0n) is 10.7. The number of benzene rings is 1. The number of hydrogen-bond donors (Lipinski definition) is 0. The molecular formula is C15H15NO2. The van der Waals surface area contributed by atoms with Gasteiger partial charge in [-0.25, -0.2) is 0 Å². The van der Waals surface area contributed by atoms with E-state index in [0.29, 0.717) is 11.1 Å². The number of aryl methyl sites for hydroxylation is 1. The fourth-order valence-corrected chi connectivity index (χ4v) is 2.24. The number of hydrogen-bond acceptors (Lipinski definition) is 2. The Morgan fingerprint density at radius 1 is 1.22 bits per heavy atom. The average molecular weight is 241 g/mol. The molecule has 1 aromatic heterocycles. The molecule has 0 bridgehead atoms. The van der Waals surface area contributed by atoms with Crippen molar-refractivity contribution >= 4 is 12.1 Å². The van der Waals surface area contributed by atoms with Crippen LogP contribution in [0.4, 0.5) is 0 Å². The lowest BCUT2D eigenvalue weighted by atomic mass is 10.1. The lowest BCUT2D eigenvalue weighted by Crippen LogP contribution is -2.06. The van der Waals surface area contributed by atoms with Gasteiger partial charge in [-0.3, -0.25) is 9.59 Å². The second kappa shape index (κ2) is 4.61. The van der Waals surface area contributed by atoms with Crippen LogP contribution in [0.5, 0.6) is 0 Å². The molecule has 0 atom stereocenters. The first kappa shape index (κ1) is 12.3. The highest BCUT2D eigenvalue weighted by Crippen LogP contribution is 2.22. The molecule has 0 aliphatic rings. The second-order valence-electron chi connectivity index (χ2n) is 4.35. The van der Waals surface area contributed by atoms with Gasteiger partial charge in [-0.1, -0.05) is 12.1 Å². The third kappa shape index (κ3) is 1.88. The van der Waals surface area contributed by atoms with Crippen LogP contribution in [0.2, 0.25) is 0 Å². The standard InChI is InChI=1S/C15H15NO2/c1-10-8-13(9-17)11(2)16(10)15-7-5-4-6-14(15)12(3)18/h4-9H,1-3H3. The van der Waals surface area contributed by atoms with Crippen molar-refractivity contribution in [2.75, 3.05) is 0 Å². The Labute approximate surface area is 106 Å². The predicted octanol–water partition coefficient (Wildman–Crippen LogP) is 3.11. The zero-order valence-corrected chi connectivity index (χ0v) is 10.7. The van der Waals surface area contributed by atoms with Crippen molar-refractivity contribution in [2.24, 2.45) is 0 Å². The van der Waals surface area contributed by atoms with Crippen molar-refractivity contribution in [3.8, 4) is 5.69 Å². The van der Waals surface area contributed by atoms with Crippen LogP contribution < -0.4 is 0 Å². The Bertz CT molecular complexity index is 623. The Balaban J connectivity index is 2.73. The number of rotatable bonds is 3. The number of carbonyl (C=O) groups is 2. The fraction of sp³-hybridized carbons (Fsp3) is 0.200. The SMILES string of the molecule is CC(=O)c1ccccc1-n1c(C)cc(C=O)c1C. The van der Waals surface area contributed by atoms with Gasteiger partial charge in [0.2, 0.25) is 0 Å². The molecule has 0 spiro atoms. The summed E-state index contributed by atoms with van der Waals surface area (Å²) in [5.74, 6) is 0.0192. The molecule has 0 aliphatic heterocycles. The summed E-state index contributed by atoms with van der Waals surface area (Å²) in [6, 6.07) is 9.26. The quantitative estimate of drug-likeness (QED) is 0.611. The molecule has 0 amide bonds. The Kier molecular flexibility index (Phi) is 3.15. The van der Waals surface area contributed by atoms with Crippen molar-refractivity contribution in [1.82, 2.24) is 4.57 Å². The molecule has 18 heavy (non-hydrogen) atoms. The van der Waals surface area contributed by atoms with Crippen LogP contribution in [-0.4, -0.2) is 16.6 Å². The van der Waals surface area contributed by atoms with Crippen LogP contribution in [0, 0.1) is 13.8 Å². The highest BCUT2D eigenvalue weighted by molar-refractivity contribution is 5.97. The number of ketones is 1. The smallest absolute Gasteiger partial charge is 0.161 e. The number of carbonyl (C=O) groups excluding carboxylic acids is 2. The van der Waals surface area contributed by atoms with Gasteiger partial charge in [-0.05, 0) is 39.0 Å². The largest absolute Gasteiger partial charge is 0.317 e. The molecular weight excluding hydrogens is 226 g/mol. The van der Waals surface area contributed by atoms with E-state index in [1.165, 1.54) is 0 Å². The molecule has 0 radical (unpaired) electrons.